The molecule has 4 rings (SSSR count). The molecule has 1 aromatic heterocycles. The second kappa shape index (κ2) is 9.30. The summed E-state index contributed by atoms with van der Waals surface area (Å²) in [5.41, 5.74) is 2.91. The second-order valence-corrected chi connectivity index (χ2v) is 9.24. The highest BCUT2D eigenvalue weighted by Gasteiger charge is 2.14. The van der Waals surface area contributed by atoms with E-state index in [2.05, 4.69) is 38.2 Å². The highest BCUT2D eigenvalue weighted by Crippen LogP contribution is 2.32. The van der Waals surface area contributed by atoms with Gasteiger partial charge in [-0.1, -0.05) is 34.8 Å². The number of oxazole rings is 1. The van der Waals surface area contributed by atoms with Crippen LogP contribution in [0.5, 0.6) is 0 Å². The number of hydrogen-bond donors (Lipinski definition) is 2. The normalized spacial score (nSPS) is 10.8. The van der Waals surface area contributed by atoms with Crippen molar-refractivity contribution in [3.05, 3.63) is 78.8 Å². The molecule has 4 aromatic rings. The molecule has 0 radical (unpaired) electrons. The van der Waals surface area contributed by atoms with Gasteiger partial charge in [-0.15, -0.1) is 0 Å². The smallest absolute Gasteiger partial charge is 0.257 e. The fourth-order valence-corrected chi connectivity index (χ4v) is 3.95. The van der Waals surface area contributed by atoms with Gasteiger partial charge in [0.25, 0.3) is 5.91 Å². The van der Waals surface area contributed by atoms with Gasteiger partial charge < -0.3 is 9.73 Å². The highest BCUT2D eigenvalue weighted by atomic mass is 127. The first-order valence-electron chi connectivity index (χ1n) is 8.73. The number of benzene rings is 3. The predicted octanol–water partition coefficient (Wildman–Crippen LogP) is 7.19. The van der Waals surface area contributed by atoms with Crippen LogP contribution in [0.2, 0.25) is 15.1 Å². The van der Waals surface area contributed by atoms with Crippen molar-refractivity contribution in [1.29, 1.82) is 0 Å². The zero-order valence-electron chi connectivity index (χ0n) is 15.4. The Kier molecular flexibility index (Phi) is 6.68. The summed E-state index contributed by atoms with van der Waals surface area (Å²) in [6.07, 6.45) is 0. The van der Waals surface area contributed by atoms with E-state index in [1.165, 1.54) is 6.07 Å². The molecule has 0 unspecified atom stereocenters. The van der Waals surface area contributed by atoms with Crippen molar-refractivity contribution in [2.24, 2.45) is 0 Å². The molecule has 0 fully saturated rings. The first-order valence-corrected chi connectivity index (χ1v) is 11.4. The molecule has 0 aliphatic rings. The van der Waals surface area contributed by atoms with Crippen LogP contribution in [0.25, 0.3) is 22.6 Å². The fourth-order valence-electron chi connectivity index (χ4n) is 2.76. The summed E-state index contributed by atoms with van der Waals surface area (Å²) in [4.78, 5) is 16.9. The minimum absolute atomic E-state index is 0.125. The Balaban J connectivity index is 1.50. The fraction of sp³-hybridized carbons (Fsp3) is 0. The molecule has 0 saturated heterocycles. The Bertz CT molecular complexity index is 1340. The Morgan fingerprint density at radius 2 is 1.74 bits per heavy atom. The van der Waals surface area contributed by atoms with E-state index in [1.807, 2.05) is 12.1 Å². The quantitative estimate of drug-likeness (QED) is 0.192. The number of anilines is 1. The van der Waals surface area contributed by atoms with E-state index in [9.17, 15) is 4.79 Å². The average Bonchev–Trinajstić information content (AvgIpc) is 3.14. The summed E-state index contributed by atoms with van der Waals surface area (Å²) in [5.74, 6) is 0.0142. The van der Waals surface area contributed by atoms with Gasteiger partial charge in [-0.2, -0.15) is 0 Å². The van der Waals surface area contributed by atoms with E-state index >= 15 is 0 Å². The van der Waals surface area contributed by atoms with Crippen molar-refractivity contribution in [3.8, 4) is 11.5 Å². The Labute approximate surface area is 211 Å². The monoisotopic (exact) mass is 601 g/mol. The van der Waals surface area contributed by atoms with Crippen molar-refractivity contribution in [1.82, 2.24) is 10.3 Å². The summed E-state index contributed by atoms with van der Waals surface area (Å²) in [5, 5.41) is 6.89. The molecule has 5 nitrogen and oxygen atoms in total. The Morgan fingerprint density at radius 1 is 0.968 bits per heavy atom. The van der Waals surface area contributed by atoms with Gasteiger partial charge in [0.1, 0.15) is 5.52 Å². The van der Waals surface area contributed by atoms with Gasteiger partial charge in [0, 0.05) is 14.8 Å². The lowest BCUT2D eigenvalue weighted by molar-refractivity contribution is 0.0977. The van der Waals surface area contributed by atoms with Gasteiger partial charge in [-0.3, -0.25) is 10.1 Å². The number of aromatic nitrogens is 1. The van der Waals surface area contributed by atoms with Gasteiger partial charge in [0.2, 0.25) is 5.89 Å². The van der Waals surface area contributed by atoms with Crippen molar-refractivity contribution in [3.63, 3.8) is 0 Å². The number of amides is 1. The maximum Gasteiger partial charge on any atom is 0.257 e. The molecule has 2 N–H and O–H groups in total. The minimum atomic E-state index is -0.408. The van der Waals surface area contributed by atoms with Crippen LogP contribution < -0.4 is 10.6 Å². The van der Waals surface area contributed by atoms with Gasteiger partial charge >= 0.3 is 0 Å². The number of halogens is 4. The summed E-state index contributed by atoms with van der Waals surface area (Å²) < 4.78 is 6.86. The molecular weight excluding hydrogens is 592 g/mol. The van der Waals surface area contributed by atoms with E-state index in [0.717, 1.165) is 3.57 Å². The van der Waals surface area contributed by atoms with Gasteiger partial charge in [-0.25, -0.2) is 4.98 Å². The molecule has 0 bridgehead atoms. The van der Waals surface area contributed by atoms with E-state index in [0.29, 0.717) is 43.9 Å². The molecule has 156 valence electrons. The summed E-state index contributed by atoms with van der Waals surface area (Å²) >= 11 is 25.6. The molecular formula is C21H11Cl3IN3O2S. The number of nitrogens with zero attached hydrogens (tertiary/aromatic N) is 1. The van der Waals surface area contributed by atoms with Crippen LogP contribution in [0.15, 0.2) is 59.0 Å². The van der Waals surface area contributed by atoms with Crippen molar-refractivity contribution in [2.75, 3.05) is 5.32 Å². The number of rotatable bonds is 3. The zero-order chi connectivity index (χ0) is 22.1. The topological polar surface area (TPSA) is 67.2 Å². The van der Waals surface area contributed by atoms with Gasteiger partial charge in [0.05, 0.1) is 20.6 Å². The first kappa shape index (κ1) is 22.3. The van der Waals surface area contributed by atoms with Crippen LogP contribution >= 0.6 is 69.6 Å². The highest BCUT2D eigenvalue weighted by molar-refractivity contribution is 14.1. The molecule has 0 atom stereocenters. The van der Waals surface area contributed by atoms with Crippen LogP contribution in [0.3, 0.4) is 0 Å². The molecule has 0 saturated carbocycles. The van der Waals surface area contributed by atoms with Gasteiger partial charge in [-0.05, 0) is 89.4 Å². The van der Waals surface area contributed by atoms with Crippen molar-refractivity contribution in [2.45, 2.75) is 0 Å². The van der Waals surface area contributed by atoms with E-state index in [-0.39, 0.29) is 10.1 Å². The molecule has 0 spiro atoms. The van der Waals surface area contributed by atoms with Crippen LogP contribution in [-0.2, 0) is 0 Å². The van der Waals surface area contributed by atoms with Crippen LogP contribution in [0.1, 0.15) is 10.4 Å². The number of nitrogens with one attached hydrogen (secondary N) is 2. The number of carbonyl (C=O) groups is 1. The Hall–Kier alpha value is -1.91. The maximum absolute atomic E-state index is 12.4. The molecule has 10 heteroatoms. The second-order valence-electron chi connectivity index (χ2n) is 6.36. The molecule has 0 aliphatic carbocycles. The van der Waals surface area contributed by atoms with Gasteiger partial charge in [0.15, 0.2) is 10.7 Å². The lowest BCUT2D eigenvalue weighted by Gasteiger charge is -2.10. The van der Waals surface area contributed by atoms with Crippen LogP contribution in [0, 0.1) is 3.57 Å². The molecule has 0 aliphatic heterocycles. The predicted molar refractivity (Wildman–Crippen MR) is 137 cm³/mol. The third kappa shape index (κ3) is 5.12. The zero-order valence-corrected chi connectivity index (χ0v) is 20.6. The standard InChI is InChI=1S/C21H11Cl3IN3O2S/c22-14-5-2-11(25)8-13(14)20-27-17-9-12(3-6-18(17)30-20)26-21(31)28-19(29)10-1-4-15(23)16(24)7-10/h1-9H,(H2,26,28,29,31). The number of fused-ring (bicyclic) bond motifs is 1. The van der Waals surface area contributed by atoms with E-state index in [1.54, 1.807) is 36.4 Å². The lowest BCUT2D eigenvalue weighted by Crippen LogP contribution is -2.34. The molecule has 1 heterocycles. The average molecular weight is 603 g/mol. The third-order valence-corrected chi connectivity index (χ3v) is 6.16. The minimum Gasteiger partial charge on any atom is -0.436 e. The van der Waals surface area contributed by atoms with Crippen molar-refractivity contribution < 1.29 is 9.21 Å². The largest absolute Gasteiger partial charge is 0.436 e. The lowest BCUT2D eigenvalue weighted by atomic mass is 10.2. The molecule has 3 aromatic carbocycles. The summed E-state index contributed by atoms with van der Waals surface area (Å²) in [6, 6.07) is 15.5. The van der Waals surface area contributed by atoms with Crippen molar-refractivity contribution >= 4 is 97.4 Å². The Morgan fingerprint density at radius 3 is 2.52 bits per heavy atom. The number of hydrogen-bond acceptors (Lipinski definition) is 4. The molecule has 1 amide bonds. The summed E-state index contributed by atoms with van der Waals surface area (Å²) in [6.45, 7) is 0. The van der Waals surface area contributed by atoms with Crippen LogP contribution in [0.4, 0.5) is 5.69 Å². The van der Waals surface area contributed by atoms with E-state index in [4.69, 9.17) is 51.4 Å². The molecule has 31 heavy (non-hydrogen) atoms. The van der Waals surface area contributed by atoms with E-state index < -0.39 is 5.91 Å². The maximum atomic E-state index is 12.4. The number of carbonyl (C=O) groups excluding carboxylic acids is 1. The number of thiocarbonyl (C=S) groups is 1. The summed E-state index contributed by atoms with van der Waals surface area (Å²) in [7, 11) is 0. The first-order chi connectivity index (χ1) is 14.8. The van der Waals surface area contributed by atoms with Crippen LogP contribution in [-0.4, -0.2) is 16.0 Å². The third-order valence-electron chi connectivity index (χ3n) is 4.21. The SMILES string of the molecule is O=C(NC(=S)Nc1ccc2oc(-c3cc(I)ccc3Cl)nc2c1)c1ccc(Cl)c(Cl)c1.